The first kappa shape index (κ1) is 16.0. The fourth-order valence-corrected chi connectivity index (χ4v) is 2.18. The summed E-state index contributed by atoms with van der Waals surface area (Å²) in [6, 6.07) is 8.53. The maximum Gasteiger partial charge on any atom is 0.413 e. The molecule has 0 aromatic heterocycles. The van der Waals surface area contributed by atoms with Crippen molar-refractivity contribution in [3.8, 4) is 0 Å². The van der Waals surface area contributed by atoms with Crippen molar-refractivity contribution >= 4 is 17.8 Å². The van der Waals surface area contributed by atoms with Crippen molar-refractivity contribution in [2.24, 2.45) is 0 Å². The first-order valence-corrected chi connectivity index (χ1v) is 7.27. The first-order valence-electron chi connectivity index (χ1n) is 7.27. The molecule has 0 bridgehead atoms. The van der Waals surface area contributed by atoms with E-state index in [-0.39, 0.29) is 32.0 Å². The molecule has 1 atom stereocenters. The van der Waals surface area contributed by atoms with Crippen LogP contribution in [0.1, 0.15) is 31.7 Å². The Kier molecular flexibility index (Phi) is 5.52. The van der Waals surface area contributed by atoms with Crippen LogP contribution in [-0.4, -0.2) is 35.5 Å². The molecule has 0 radical (unpaired) electrons. The summed E-state index contributed by atoms with van der Waals surface area (Å²) in [7, 11) is 0. The largest absolute Gasteiger partial charge is 0.444 e. The third-order valence-corrected chi connectivity index (χ3v) is 3.52. The van der Waals surface area contributed by atoms with Gasteiger partial charge in [-0.1, -0.05) is 37.3 Å². The summed E-state index contributed by atoms with van der Waals surface area (Å²) < 4.78 is 10.1. The van der Waals surface area contributed by atoms with Crippen molar-refractivity contribution in [1.29, 1.82) is 0 Å². The van der Waals surface area contributed by atoms with Crippen molar-refractivity contribution in [3.05, 3.63) is 35.9 Å². The van der Waals surface area contributed by atoms with Crippen LogP contribution in [0.4, 0.5) is 4.79 Å². The number of rotatable bonds is 6. The zero-order chi connectivity index (χ0) is 15.9. The van der Waals surface area contributed by atoms with E-state index in [1.54, 1.807) is 6.92 Å². The second-order valence-electron chi connectivity index (χ2n) is 5.05. The molecule has 0 saturated carbocycles. The second kappa shape index (κ2) is 7.59. The smallest absolute Gasteiger partial charge is 0.413 e. The summed E-state index contributed by atoms with van der Waals surface area (Å²) in [6.07, 6.45) is 0.328. The lowest BCUT2D eigenvalue weighted by Crippen LogP contribution is -2.38. The van der Waals surface area contributed by atoms with Crippen LogP contribution in [0.3, 0.4) is 0 Å². The van der Waals surface area contributed by atoms with Crippen molar-refractivity contribution in [1.82, 2.24) is 4.90 Å². The topological polar surface area (TPSA) is 72.9 Å². The Morgan fingerprint density at radius 2 is 2.05 bits per heavy atom. The lowest BCUT2D eigenvalue weighted by atomic mass is 10.1. The number of amides is 1. The Labute approximate surface area is 129 Å². The number of Topliss-reactive ketones (excluding diaryl/α,β-unsaturated/α-hetero) is 1. The number of hydrogen-bond donors (Lipinski definition) is 0. The van der Waals surface area contributed by atoms with Gasteiger partial charge in [-0.05, 0) is 12.0 Å². The maximum atomic E-state index is 12.1. The molecule has 2 rings (SSSR count). The Hall–Kier alpha value is -2.37. The molecule has 1 aromatic rings. The van der Waals surface area contributed by atoms with E-state index in [4.69, 9.17) is 9.47 Å². The van der Waals surface area contributed by atoms with Crippen LogP contribution in [0, 0.1) is 0 Å². The van der Waals surface area contributed by atoms with Gasteiger partial charge in [0, 0.05) is 12.8 Å². The summed E-state index contributed by atoms with van der Waals surface area (Å²) in [5.41, 5.74) is 0.861. The SMILES string of the molecule is CCC(=O)CCC1C(=O)OCN1C(=O)OCc1ccccc1. The van der Waals surface area contributed by atoms with Crippen molar-refractivity contribution in [3.63, 3.8) is 0 Å². The number of cyclic esters (lactones) is 1. The molecule has 6 heteroatoms. The van der Waals surface area contributed by atoms with Crippen LogP contribution in [0.25, 0.3) is 0 Å². The highest BCUT2D eigenvalue weighted by Crippen LogP contribution is 2.18. The average Bonchev–Trinajstić information content (AvgIpc) is 2.92. The molecule has 1 heterocycles. The highest BCUT2D eigenvalue weighted by atomic mass is 16.6. The standard InChI is InChI=1S/C16H19NO5/c1-2-13(18)8-9-14-15(19)22-11-17(14)16(20)21-10-12-6-4-3-5-7-12/h3-7,14H,2,8-11H2,1H3. The molecule has 1 amide bonds. The van der Waals surface area contributed by atoms with E-state index in [9.17, 15) is 14.4 Å². The van der Waals surface area contributed by atoms with E-state index in [0.717, 1.165) is 5.56 Å². The quantitative estimate of drug-likeness (QED) is 0.754. The first-order chi connectivity index (χ1) is 10.6. The fourth-order valence-electron chi connectivity index (χ4n) is 2.18. The number of nitrogens with zero attached hydrogens (tertiary/aromatic N) is 1. The Bertz CT molecular complexity index is 543. The highest BCUT2D eigenvalue weighted by molar-refractivity contribution is 5.85. The monoisotopic (exact) mass is 305 g/mol. The number of carbonyl (C=O) groups is 3. The van der Waals surface area contributed by atoms with Crippen LogP contribution in [0.5, 0.6) is 0 Å². The third kappa shape index (κ3) is 4.07. The lowest BCUT2D eigenvalue weighted by Gasteiger charge is -2.19. The molecule has 1 aliphatic rings. The third-order valence-electron chi connectivity index (χ3n) is 3.52. The zero-order valence-corrected chi connectivity index (χ0v) is 12.5. The molecule has 1 aliphatic heterocycles. The van der Waals surface area contributed by atoms with E-state index >= 15 is 0 Å². The molecule has 118 valence electrons. The zero-order valence-electron chi connectivity index (χ0n) is 12.5. The van der Waals surface area contributed by atoms with Gasteiger partial charge < -0.3 is 9.47 Å². The summed E-state index contributed by atoms with van der Waals surface area (Å²) in [5.74, 6) is -0.433. The molecule has 1 fully saturated rings. The Morgan fingerprint density at radius 3 is 2.73 bits per heavy atom. The highest BCUT2D eigenvalue weighted by Gasteiger charge is 2.38. The average molecular weight is 305 g/mol. The van der Waals surface area contributed by atoms with Gasteiger partial charge in [0.1, 0.15) is 18.4 Å². The lowest BCUT2D eigenvalue weighted by molar-refractivity contribution is -0.139. The van der Waals surface area contributed by atoms with Gasteiger partial charge in [0.2, 0.25) is 0 Å². The van der Waals surface area contributed by atoms with Crippen molar-refractivity contribution in [2.75, 3.05) is 6.73 Å². The summed E-state index contributed by atoms with van der Waals surface area (Å²) >= 11 is 0. The van der Waals surface area contributed by atoms with E-state index in [2.05, 4.69) is 0 Å². The molecular weight excluding hydrogens is 286 g/mol. The second-order valence-corrected chi connectivity index (χ2v) is 5.05. The number of hydrogen-bond acceptors (Lipinski definition) is 5. The summed E-state index contributed by atoms with van der Waals surface area (Å²) in [4.78, 5) is 36.4. The van der Waals surface area contributed by atoms with Gasteiger partial charge in [-0.3, -0.25) is 9.69 Å². The van der Waals surface area contributed by atoms with Gasteiger partial charge in [0.05, 0.1) is 0 Å². The summed E-state index contributed by atoms with van der Waals surface area (Å²) in [6.45, 7) is 1.77. The number of ketones is 1. The van der Waals surface area contributed by atoms with Crippen LogP contribution < -0.4 is 0 Å². The molecule has 1 aromatic carbocycles. The minimum Gasteiger partial charge on any atom is -0.444 e. The minimum absolute atomic E-state index is 0.0531. The molecule has 1 unspecified atom stereocenters. The fraction of sp³-hybridized carbons (Fsp3) is 0.438. The summed E-state index contributed by atoms with van der Waals surface area (Å²) in [5, 5.41) is 0. The minimum atomic E-state index is -0.737. The van der Waals surface area contributed by atoms with Gasteiger partial charge in [0.25, 0.3) is 0 Å². The molecule has 0 N–H and O–H groups in total. The Balaban J connectivity index is 1.89. The van der Waals surface area contributed by atoms with Crippen LogP contribution in [0.15, 0.2) is 30.3 Å². The molecule has 22 heavy (non-hydrogen) atoms. The van der Waals surface area contributed by atoms with Gasteiger partial charge in [-0.25, -0.2) is 9.59 Å². The van der Waals surface area contributed by atoms with Gasteiger partial charge in [-0.2, -0.15) is 0 Å². The molecular formula is C16H19NO5. The number of ether oxygens (including phenoxy) is 2. The molecule has 6 nitrogen and oxygen atoms in total. The molecule has 0 spiro atoms. The maximum absolute atomic E-state index is 12.1. The van der Waals surface area contributed by atoms with Gasteiger partial charge in [-0.15, -0.1) is 0 Å². The van der Waals surface area contributed by atoms with Crippen LogP contribution in [0.2, 0.25) is 0 Å². The predicted octanol–water partition coefficient (Wildman–Crippen LogP) is 2.27. The van der Waals surface area contributed by atoms with Crippen molar-refractivity contribution in [2.45, 2.75) is 38.8 Å². The molecule has 0 aliphatic carbocycles. The predicted molar refractivity (Wildman–Crippen MR) is 77.7 cm³/mol. The van der Waals surface area contributed by atoms with E-state index in [1.807, 2.05) is 30.3 Å². The molecule has 1 saturated heterocycles. The van der Waals surface area contributed by atoms with E-state index in [1.165, 1.54) is 4.90 Å². The van der Waals surface area contributed by atoms with Crippen molar-refractivity contribution < 1.29 is 23.9 Å². The van der Waals surface area contributed by atoms with Crippen LogP contribution in [-0.2, 0) is 25.7 Å². The number of esters is 1. The van der Waals surface area contributed by atoms with Gasteiger partial charge in [0.15, 0.2) is 6.73 Å². The number of benzene rings is 1. The Morgan fingerprint density at radius 1 is 1.32 bits per heavy atom. The van der Waals surface area contributed by atoms with Crippen LogP contribution >= 0.6 is 0 Å². The van der Waals surface area contributed by atoms with Gasteiger partial charge >= 0.3 is 12.1 Å². The van der Waals surface area contributed by atoms with E-state index in [0.29, 0.717) is 6.42 Å². The normalized spacial score (nSPS) is 17.2. The number of carbonyl (C=O) groups excluding carboxylic acids is 3. The van der Waals surface area contributed by atoms with E-state index < -0.39 is 18.1 Å².